The van der Waals surface area contributed by atoms with E-state index in [1.807, 2.05) is 31.2 Å². The topological polar surface area (TPSA) is 12.0 Å². The van der Waals surface area contributed by atoms with Crippen LogP contribution in [0.3, 0.4) is 0 Å². The SMILES string of the molecule is Cc1cc(F)ccc1N[P+](c1ccccc1)(c1ccccc1)c1ccccc1.[Br-]. The first-order valence-corrected chi connectivity index (χ1v) is 11.1. The molecule has 0 amide bonds. The first kappa shape index (κ1) is 21.2. The lowest BCUT2D eigenvalue weighted by atomic mass is 10.2. The van der Waals surface area contributed by atoms with Crippen LogP contribution in [0.4, 0.5) is 10.1 Å². The van der Waals surface area contributed by atoms with Crippen molar-refractivity contribution in [2.24, 2.45) is 0 Å². The zero-order valence-electron chi connectivity index (χ0n) is 16.1. The van der Waals surface area contributed by atoms with Gasteiger partial charge >= 0.3 is 0 Å². The Balaban J connectivity index is 0.00000240. The Hall–Kier alpha value is -2.48. The quantitative estimate of drug-likeness (QED) is 0.446. The molecule has 0 unspecified atom stereocenters. The standard InChI is InChI=1S/C25H22FNP.BrH/c1-20-19-21(26)17-18-25(20)27-28(22-11-5-2-6-12-22,23-13-7-3-8-14-23)24-15-9-4-10-16-24;/h2-19,27H,1H3;1H/q+1;/p-1. The fourth-order valence-electron chi connectivity index (χ4n) is 3.53. The number of nitrogens with one attached hydrogen (secondary N) is 1. The van der Waals surface area contributed by atoms with Crippen molar-refractivity contribution >= 4 is 29.0 Å². The fourth-order valence-corrected chi connectivity index (χ4v) is 7.28. The van der Waals surface area contributed by atoms with Gasteiger partial charge in [0.05, 0.1) is 5.69 Å². The molecule has 29 heavy (non-hydrogen) atoms. The number of rotatable bonds is 5. The van der Waals surface area contributed by atoms with Crippen molar-refractivity contribution in [1.29, 1.82) is 0 Å². The average molecular weight is 466 g/mol. The molecule has 0 heterocycles. The Bertz CT molecular complexity index is 959. The molecular weight excluding hydrogens is 444 g/mol. The summed E-state index contributed by atoms with van der Waals surface area (Å²) in [6.07, 6.45) is 0. The Morgan fingerprint density at radius 1 is 0.621 bits per heavy atom. The summed E-state index contributed by atoms with van der Waals surface area (Å²) in [6, 6.07) is 36.6. The van der Waals surface area contributed by atoms with E-state index in [9.17, 15) is 4.39 Å². The largest absolute Gasteiger partial charge is 1.00 e. The maximum Gasteiger partial charge on any atom is 0.199 e. The third-order valence-corrected chi connectivity index (χ3v) is 8.70. The van der Waals surface area contributed by atoms with Gasteiger partial charge in [0.25, 0.3) is 0 Å². The molecule has 0 aliphatic heterocycles. The number of anilines is 1. The summed E-state index contributed by atoms with van der Waals surface area (Å²) in [7, 11) is -2.19. The van der Waals surface area contributed by atoms with Crippen LogP contribution in [0.1, 0.15) is 5.56 Å². The fraction of sp³-hybridized carbons (Fsp3) is 0.0400. The first-order chi connectivity index (χ1) is 13.7. The summed E-state index contributed by atoms with van der Waals surface area (Å²) in [6.45, 7) is 1.95. The molecule has 146 valence electrons. The number of benzene rings is 4. The third kappa shape index (κ3) is 4.27. The highest BCUT2D eigenvalue weighted by Crippen LogP contribution is 2.55. The van der Waals surface area contributed by atoms with Gasteiger partial charge in [0.15, 0.2) is 7.41 Å². The van der Waals surface area contributed by atoms with E-state index in [0.29, 0.717) is 0 Å². The zero-order valence-corrected chi connectivity index (χ0v) is 18.6. The van der Waals surface area contributed by atoms with Crippen LogP contribution in [0, 0.1) is 12.7 Å². The van der Waals surface area contributed by atoms with Gasteiger partial charge < -0.3 is 17.0 Å². The molecule has 0 saturated carbocycles. The Morgan fingerprint density at radius 3 is 1.41 bits per heavy atom. The highest BCUT2D eigenvalue weighted by atomic mass is 79.9. The van der Waals surface area contributed by atoms with E-state index < -0.39 is 7.41 Å². The van der Waals surface area contributed by atoms with Gasteiger partial charge in [-0.3, -0.25) is 0 Å². The zero-order chi connectivity index (χ0) is 19.4. The molecule has 0 fully saturated rings. The molecule has 0 atom stereocenters. The summed E-state index contributed by atoms with van der Waals surface area (Å²) in [5.41, 5.74) is 1.85. The molecule has 1 nitrogen and oxygen atoms in total. The first-order valence-electron chi connectivity index (χ1n) is 9.30. The number of hydrogen-bond donors (Lipinski definition) is 1. The van der Waals surface area contributed by atoms with E-state index in [2.05, 4.69) is 77.9 Å². The van der Waals surface area contributed by atoms with E-state index in [4.69, 9.17) is 0 Å². The van der Waals surface area contributed by atoms with Gasteiger partial charge in [-0.05, 0) is 67.1 Å². The van der Waals surface area contributed by atoms with E-state index in [0.717, 1.165) is 11.3 Å². The lowest BCUT2D eigenvalue weighted by Gasteiger charge is -2.29. The van der Waals surface area contributed by atoms with Crippen LogP contribution in [-0.2, 0) is 0 Å². The monoisotopic (exact) mass is 465 g/mol. The molecule has 0 aromatic heterocycles. The van der Waals surface area contributed by atoms with E-state index in [1.165, 1.54) is 22.0 Å². The van der Waals surface area contributed by atoms with Crippen molar-refractivity contribution in [3.8, 4) is 0 Å². The van der Waals surface area contributed by atoms with Crippen LogP contribution in [0.5, 0.6) is 0 Å². The summed E-state index contributed by atoms with van der Waals surface area (Å²) < 4.78 is 13.7. The Labute approximate surface area is 182 Å². The molecule has 4 aromatic rings. The minimum Gasteiger partial charge on any atom is -1.00 e. The lowest BCUT2D eigenvalue weighted by Crippen LogP contribution is -3.00. The van der Waals surface area contributed by atoms with Gasteiger partial charge in [-0.1, -0.05) is 54.6 Å². The summed E-state index contributed by atoms with van der Waals surface area (Å²) in [5.74, 6) is -0.217. The second-order valence-corrected chi connectivity index (χ2v) is 9.86. The van der Waals surface area contributed by atoms with E-state index in [-0.39, 0.29) is 22.8 Å². The van der Waals surface area contributed by atoms with Gasteiger partial charge in [0.2, 0.25) is 0 Å². The van der Waals surface area contributed by atoms with Gasteiger partial charge in [-0.15, -0.1) is 0 Å². The smallest absolute Gasteiger partial charge is 0.199 e. The van der Waals surface area contributed by atoms with Crippen molar-refractivity contribution in [2.75, 3.05) is 5.09 Å². The molecule has 0 saturated heterocycles. The van der Waals surface area contributed by atoms with Crippen molar-refractivity contribution < 1.29 is 21.4 Å². The van der Waals surface area contributed by atoms with Crippen LogP contribution < -0.4 is 38.0 Å². The molecule has 4 rings (SSSR count). The molecule has 0 bridgehead atoms. The highest BCUT2D eigenvalue weighted by Gasteiger charge is 2.46. The molecule has 4 aromatic carbocycles. The van der Waals surface area contributed by atoms with Crippen molar-refractivity contribution in [3.05, 3.63) is 121 Å². The van der Waals surface area contributed by atoms with Crippen LogP contribution in [0.15, 0.2) is 109 Å². The van der Waals surface area contributed by atoms with E-state index in [1.54, 1.807) is 6.07 Å². The molecule has 0 radical (unpaired) electrons. The molecule has 0 aliphatic rings. The van der Waals surface area contributed by atoms with Gasteiger partial charge in [-0.2, -0.15) is 0 Å². The van der Waals surface area contributed by atoms with Gasteiger partial charge in [0, 0.05) is 0 Å². The molecule has 0 aliphatic carbocycles. The molecular formula is C25H22BrFNP. The second-order valence-electron chi connectivity index (χ2n) is 6.75. The van der Waals surface area contributed by atoms with Crippen molar-refractivity contribution in [2.45, 2.75) is 6.92 Å². The minimum absolute atomic E-state index is 0. The van der Waals surface area contributed by atoms with Crippen LogP contribution in [0.2, 0.25) is 0 Å². The van der Waals surface area contributed by atoms with Crippen LogP contribution in [-0.4, -0.2) is 0 Å². The summed E-state index contributed by atoms with van der Waals surface area (Å²) in [5, 5.41) is 7.58. The molecule has 0 spiro atoms. The predicted molar refractivity (Wildman–Crippen MR) is 120 cm³/mol. The number of hydrogen-bond acceptors (Lipinski definition) is 1. The van der Waals surface area contributed by atoms with Crippen molar-refractivity contribution in [3.63, 3.8) is 0 Å². The lowest BCUT2D eigenvalue weighted by molar-refractivity contribution is -0.00000608. The summed E-state index contributed by atoms with van der Waals surface area (Å²) >= 11 is 0. The Morgan fingerprint density at radius 2 is 1.03 bits per heavy atom. The average Bonchev–Trinajstić information content (AvgIpc) is 2.75. The number of halogens is 2. The normalized spacial score (nSPS) is 10.8. The van der Waals surface area contributed by atoms with Gasteiger partial charge in [-0.25, -0.2) is 9.48 Å². The molecule has 4 heteroatoms. The third-order valence-electron chi connectivity index (χ3n) is 4.91. The Kier molecular flexibility index (Phi) is 6.84. The molecule has 1 N–H and O–H groups in total. The van der Waals surface area contributed by atoms with Gasteiger partial charge in [0.1, 0.15) is 21.7 Å². The maximum absolute atomic E-state index is 13.7. The van der Waals surface area contributed by atoms with Crippen molar-refractivity contribution in [1.82, 2.24) is 0 Å². The van der Waals surface area contributed by atoms with E-state index >= 15 is 0 Å². The highest BCUT2D eigenvalue weighted by molar-refractivity contribution is 7.96. The summed E-state index contributed by atoms with van der Waals surface area (Å²) in [4.78, 5) is 0. The maximum atomic E-state index is 13.7. The van der Waals surface area contributed by atoms with Crippen LogP contribution in [0.25, 0.3) is 0 Å². The minimum atomic E-state index is -2.19. The number of aryl methyl sites for hydroxylation is 1. The predicted octanol–water partition coefficient (Wildman–Crippen LogP) is 2.46. The van der Waals surface area contributed by atoms with Crippen LogP contribution >= 0.6 is 7.41 Å². The second kappa shape index (κ2) is 9.35.